The summed E-state index contributed by atoms with van der Waals surface area (Å²) in [5.41, 5.74) is 0.809. The molecule has 1 fully saturated rings. The molecule has 0 aromatic carbocycles. The molecule has 2 N–H and O–H groups in total. The second kappa shape index (κ2) is 4.95. The summed E-state index contributed by atoms with van der Waals surface area (Å²) in [6, 6.07) is 2.24. The molecule has 7 nitrogen and oxygen atoms in total. The zero-order valence-electron chi connectivity index (χ0n) is 10.9. The SMILES string of the molecule is CN(c1ncnc2[nH]ccc12)C1CC(NS(=O)(=O)P)C1. The molecule has 0 aliphatic heterocycles. The zero-order valence-corrected chi connectivity index (χ0v) is 12.9. The van der Waals surface area contributed by atoms with Crippen LogP contribution in [0.3, 0.4) is 0 Å². The molecule has 1 aliphatic rings. The summed E-state index contributed by atoms with van der Waals surface area (Å²) in [6.07, 6.45) is 4.93. The van der Waals surface area contributed by atoms with E-state index in [9.17, 15) is 8.42 Å². The van der Waals surface area contributed by atoms with E-state index in [1.165, 1.54) is 6.33 Å². The molecule has 2 aromatic heterocycles. The highest BCUT2D eigenvalue weighted by Gasteiger charge is 2.34. The zero-order chi connectivity index (χ0) is 14.3. The van der Waals surface area contributed by atoms with Crippen molar-refractivity contribution >= 4 is 34.9 Å². The maximum absolute atomic E-state index is 11.1. The predicted octanol–water partition coefficient (Wildman–Crippen LogP) is 0.635. The van der Waals surface area contributed by atoms with Crippen molar-refractivity contribution < 1.29 is 8.42 Å². The lowest BCUT2D eigenvalue weighted by Crippen LogP contribution is -2.52. The van der Waals surface area contributed by atoms with E-state index in [0.717, 1.165) is 29.7 Å². The van der Waals surface area contributed by atoms with Gasteiger partial charge in [-0.15, -0.1) is 0 Å². The molecule has 2 heterocycles. The third-order valence-electron chi connectivity index (χ3n) is 3.66. The van der Waals surface area contributed by atoms with Crippen LogP contribution in [0.15, 0.2) is 18.6 Å². The van der Waals surface area contributed by atoms with Crippen LogP contribution in [0.2, 0.25) is 0 Å². The number of rotatable bonds is 4. The van der Waals surface area contributed by atoms with Crippen molar-refractivity contribution in [3.8, 4) is 0 Å². The molecule has 1 unspecified atom stereocenters. The molecule has 2 aromatic rings. The van der Waals surface area contributed by atoms with Crippen molar-refractivity contribution in [3.63, 3.8) is 0 Å². The van der Waals surface area contributed by atoms with Crippen molar-refractivity contribution in [1.29, 1.82) is 0 Å². The molecule has 0 radical (unpaired) electrons. The molecule has 108 valence electrons. The minimum atomic E-state index is -3.21. The van der Waals surface area contributed by atoms with Crippen molar-refractivity contribution in [2.24, 2.45) is 0 Å². The molecule has 0 bridgehead atoms. The summed E-state index contributed by atoms with van der Waals surface area (Å²) < 4.78 is 24.9. The van der Waals surface area contributed by atoms with Crippen LogP contribution in [0.4, 0.5) is 5.82 Å². The van der Waals surface area contributed by atoms with E-state index in [4.69, 9.17) is 0 Å². The summed E-state index contributed by atoms with van der Waals surface area (Å²) in [6.45, 7) is 0. The molecule has 0 saturated heterocycles. The standard InChI is InChI=1S/C11H16N5O2PS/c1-16(8-4-7(5-8)15-20(17,18)19)11-9-2-3-12-10(9)13-6-14-11/h2-3,6-8,15H,4-5,19H2,1H3,(H,12,13,14). The number of anilines is 1. The molecule has 1 saturated carbocycles. The van der Waals surface area contributed by atoms with E-state index in [1.807, 2.05) is 27.8 Å². The molecule has 0 amide bonds. The topological polar surface area (TPSA) is 91.0 Å². The second-order valence-corrected chi connectivity index (χ2v) is 8.22. The number of hydrogen-bond acceptors (Lipinski definition) is 5. The van der Waals surface area contributed by atoms with E-state index in [0.29, 0.717) is 0 Å². The molecule has 20 heavy (non-hydrogen) atoms. The van der Waals surface area contributed by atoms with E-state index >= 15 is 0 Å². The van der Waals surface area contributed by atoms with Gasteiger partial charge < -0.3 is 9.88 Å². The molecule has 9 heteroatoms. The summed E-state index contributed by atoms with van der Waals surface area (Å²) >= 11 is 0. The monoisotopic (exact) mass is 313 g/mol. The first kappa shape index (κ1) is 13.7. The molecule has 1 atom stereocenters. The number of fused-ring (bicyclic) bond motifs is 1. The van der Waals surface area contributed by atoms with E-state index < -0.39 is 9.64 Å². The molecule has 3 rings (SSSR count). The van der Waals surface area contributed by atoms with Gasteiger partial charge in [0.05, 0.1) is 5.39 Å². The first-order chi connectivity index (χ1) is 9.44. The summed E-state index contributed by atoms with van der Waals surface area (Å²) in [4.78, 5) is 13.6. The minimum absolute atomic E-state index is 0.00787. The van der Waals surface area contributed by atoms with Crippen LogP contribution in [0.5, 0.6) is 0 Å². The Labute approximate surface area is 119 Å². The average Bonchev–Trinajstić information content (AvgIpc) is 2.79. The first-order valence-corrected chi connectivity index (χ1v) is 9.21. The second-order valence-electron chi connectivity index (χ2n) is 5.03. The van der Waals surface area contributed by atoms with Gasteiger partial charge in [-0.2, -0.15) is 0 Å². The molecular formula is C11H16N5O2PS. The minimum Gasteiger partial charge on any atom is -0.356 e. The van der Waals surface area contributed by atoms with Gasteiger partial charge in [-0.1, -0.05) is 0 Å². The number of aromatic amines is 1. The van der Waals surface area contributed by atoms with Crippen LogP contribution in [0.1, 0.15) is 12.8 Å². The quantitative estimate of drug-likeness (QED) is 0.808. The van der Waals surface area contributed by atoms with E-state index in [2.05, 4.69) is 24.6 Å². The predicted molar refractivity (Wildman–Crippen MR) is 80.9 cm³/mol. The van der Waals surface area contributed by atoms with Gasteiger partial charge in [0.25, 0.3) is 0 Å². The average molecular weight is 313 g/mol. The summed E-state index contributed by atoms with van der Waals surface area (Å²) in [7, 11) is 0.591. The van der Waals surface area contributed by atoms with Crippen LogP contribution < -0.4 is 9.62 Å². The lowest BCUT2D eigenvalue weighted by Gasteiger charge is -2.41. The Morgan fingerprint density at radius 3 is 2.90 bits per heavy atom. The van der Waals surface area contributed by atoms with Gasteiger partial charge in [-0.25, -0.2) is 23.1 Å². The number of aromatic nitrogens is 3. The maximum Gasteiger partial charge on any atom is 0.222 e. The van der Waals surface area contributed by atoms with Gasteiger partial charge in [0.1, 0.15) is 17.8 Å². The third kappa shape index (κ3) is 2.63. The van der Waals surface area contributed by atoms with Gasteiger partial charge in [-0.3, -0.25) is 0 Å². The Morgan fingerprint density at radius 2 is 2.20 bits per heavy atom. The van der Waals surface area contributed by atoms with Crippen LogP contribution >= 0.6 is 8.44 Å². The maximum atomic E-state index is 11.1. The number of nitrogens with zero attached hydrogens (tertiary/aromatic N) is 3. The normalized spacial score (nSPS) is 22.7. The largest absolute Gasteiger partial charge is 0.356 e. The fourth-order valence-electron chi connectivity index (χ4n) is 2.55. The van der Waals surface area contributed by atoms with Gasteiger partial charge >= 0.3 is 0 Å². The van der Waals surface area contributed by atoms with Gasteiger partial charge in [0.2, 0.25) is 9.64 Å². The number of hydrogen-bond donors (Lipinski definition) is 2. The van der Waals surface area contributed by atoms with Crippen LogP contribution in [0.25, 0.3) is 11.0 Å². The highest BCUT2D eigenvalue weighted by Crippen LogP contribution is 2.31. The van der Waals surface area contributed by atoms with Crippen molar-refractivity contribution in [2.75, 3.05) is 11.9 Å². The molecule has 1 aliphatic carbocycles. The highest BCUT2D eigenvalue weighted by molar-refractivity contribution is 8.36. The lowest BCUT2D eigenvalue weighted by molar-refractivity contribution is 0.318. The van der Waals surface area contributed by atoms with Crippen LogP contribution in [0, 0.1) is 0 Å². The fourth-order valence-corrected chi connectivity index (χ4v) is 3.78. The smallest absolute Gasteiger partial charge is 0.222 e. The molecule has 0 spiro atoms. The Balaban J connectivity index is 1.72. The van der Waals surface area contributed by atoms with Crippen LogP contribution in [-0.4, -0.2) is 42.5 Å². The third-order valence-corrected chi connectivity index (χ3v) is 4.73. The van der Waals surface area contributed by atoms with Gasteiger partial charge in [0.15, 0.2) is 0 Å². The number of nitrogens with one attached hydrogen (secondary N) is 2. The Kier molecular flexibility index (Phi) is 3.40. The Morgan fingerprint density at radius 1 is 1.45 bits per heavy atom. The lowest BCUT2D eigenvalue weighted by atomic mass is 9.86. The Hall–Kier alpha value is -1.24. The Bertz CT molecular complexity index is 725. The number of H-pyrrole nitrogens is 1. The first-order valence-electron chi connectivity index (χ1n) is 6.25. The van der Waals surface area contributed by atoms with Crippen molar-refractivity contribution in [2.45, 2.75) is 24.9 Å². The van der Waals surface area contributed by atoms with Gasteiger partial charge in [0, 0.05) is 33.8 Å². The molecular weight excluding hydrogens is 297 g/mol. The summed E-state index contributed by atoms with van der Waals surface area (Å²) in [5, 5.41) is 0.977. The fraction of sp³-hybridized carbons (Fsp3) is 0.455. The van der Waals surface area contributed by atoms with E-state index in [-0.39, 0.29) is 12.1 Å². The van der Waals surface area contributed by atoms with Gasteiger partial charge in [-0.05, 0) is 18.9 Å². The van der Waals surface area contributed by atoms with E-state index in [1.54, 1.807) is 0 Å². The summed E-state index contributed by atoms with van der Waals surface area (Å²) in [5.74, 6) is 0.869. The van der Waals surface area contributed by atoms with Crippen molar-refractivity contribution in [3.05, 3.63) is 18.6 Å². The van der Waals surface area contributed by atoms with Crippen LogP contribution in [-0.2, 0) is 9.64 Å². The highest BCUT2D eigenvalue weighted by atomic mass is 32.7. The van der Waals surface area contributed by atoms with Crippen molar-refractivity contribution in [1.82, 2.24) is 19.7 Å².